The maximum Gasteiger partial charge on any atom is 0.255 e. The van der Waals surface area contributed by atoms with Crippen LogP contribution in [0, 0.1) is 0 Å². The summed E-state index contributed by atoms with van der Waals surface area (Å²) >= 11 is 0. The minimum absolute atomic E-state index is 0.0352. The van der Waals surface area contributed by atoms with E-state index >= 15 is 0 Å². The molecule has 1 fully saturated rings. The van der Waals surface area contributed by atoms with Crippen molar-refractivity contribution >= 4 is 11.7 Å². The van der Waals surface area contributed by atoms with E-state index in [2.05, 4.69) is 6.58 Å². The van der Waals surface area contributed by atoms with Crippen LogP contribution in [-0.4, -0.2) is 29.2 Å². The summed E-state index contributed by atoms with van der Waals surface area (Å²) in [4.78, 5) is 26.5. The number of amides is 1. The van der Waals surface area contributed by atoms with Crippen molar-refractivity contribution in [1.29, 1.82) is 0 Å². The summed E-state index contributed by atoms with van der Waals surface area (Å²) < 4.78 is 0. The lowest BCUT2D eigenvalue weighted by molar-refractivity contribution is -0.126. The molecular formula is C16H17NO2. The summed E-state index contributed by atoms with van der Waals surface area (Å²) in [6.45, 7) is 4.15. The number of Topliss-reactive ketones (excluding diaryl/α,β-unsaturated/α-hetero) is 1. The Balaban J connectivity index is 2.12. The molecule has 1 aliphatic heterocycles. The van der Waals surface area contributed by atoms with Gasteiger partial charge in [-0.05, 0) is 24.5 Å². The Morgan fingerprint density at radius 1 is 1.32 bits per heavy atom. The van der Waals surface area contributed by atoms with E-state index in [1.54, 1.807) is 11.0 Å². The van der Waals surface area contributed by atoms with Crippen LogP contribution in [0.2, 0.25) is 0 Å². The molecule has 1 heterocycles. The Labute approximate surface area is 112 Å². The highest BCUT2D eigenvalue weighted by molar-refractivity contribution is 6.02. The van der Waals surface area contributed by atoms with Gasteiger partial charge in [-0.2, -0.15) is 0 Å². The summed E-state index contributed by atoms with van der Waals surface area (Å²) in [6.07, 6.45) is 4.19. The molecular weight excluding hydrogens is 238 g/mol. The highest BCUT2D eigenvalue weighted by Gasteiger charge is 2.44. The molecule has 0 spiro atoms. The molecule has 1 amide bonds. The molecule has 0 aromatic heterocycles. The van der Waals surface area contributed by atoms with Crippen molar-refractivity contribution in [3.63, 3.8) is 0 Å². The molecule has 0 N–H and O–H groups in total. The van der Waals surface area contributed by atoms with Gasteiger partial charge in [0.25, 0.3) is 5.91 Å². The van der Waals surface area contributed by atoms with Crippen LogP contribution in [0.15, 0.2) is 36.9 Å². The van der Waals surface area contributed by atoms with Gasteiger partial charge in [0.05, 0.1) is 6.04 Å². The maximum absolute atomic E-state index is 12.5. The van der Waals surface area contributed by atoms with Crippen LogP contribution in [0.3, 0.4) is 0 Å². The second kappa shape index (κ2) is 4.65. The lowest BCUT2D eigenvalue weighted by atomic mass is 9.74. The average Bonchev–Trinajstić information content (AvgIpc) is 2.44. The fraction of sp³-hybridized carbons (Fsp3) is 0.375. The van der Waals surface area contributed by atoms with Crippen molar-refractivity contribution in [2.45, 2.75) is 31.2 Å². The lowest BCUT2D eigenvalue weighted by Crippen LogP contribution is -2.53. The number of ketones is 1. The molecule has 3 rings (SSSR count). The molecule has 3 nitrogen and oxygen atoms in total. The summed E-state index contributed by atoms with van der Waals surface area (Å²) in [5, 5.41) is 0. The van der Waals surface area contributed by atoms with Crippen LogP contribution in [0.5, 0.6) is 0 Å². The Bertz CT molecular complexity index is 549. The van der Waals surface area contributed by atoms with E-state index < -0.39 is 0 Å². The number of carbonyl (C=O) groups is 2. The van der Waals surface area contributed by atoms with Gasteiger partial charge < -0.3 is 4.90 Å². The number of hydrogen-bond donors (Lipinski definition) is 0. The molecule has 3 heteroatoms. The number of fused-ring (bicyclic) bond motifs is 3. The number of benzene rings is 1. The highest BCUT2D eigenvalue weighted by atomic mass is 16.2. The van der Waals surface area contributed by atoms with Crippen LogP contribution >= 0.6 is 0 Å². The molecule has 2 aliphatic rings. The summed E-state index contributed by atoms with van der Waals surface area (Å²) in [5.74, 6) is 0.322. The number of rotatable bonds is 2. The first-order valence-electron chi connectivity index (χ1n) is 6.77. The molecule has 1 saturated carbocycles. The Morgan fingerprint density at radius 2 is 2.11 bits per heavy atom. The SMILES string of the molecule is C=CCN1C(=O)c2ccccc2[C@@H]2CCCC(=O)[C@@H]21. The van der Waals surface area contributed by atoms with E-state index in [0.29, 0.717) is 13.0 Å². The second-order valence-corrected chi connectivity index (χ2v) is 5.24. The Morgan fingerprint density at radius 3 is 2.89 bits per heavy atom. The van der Waals surface area contributed by atoms with E-state index in [1.165, 1.54) is 0 Å². The number of hydrogen-bond acceptors (Lipinski definition) is 2. The zero-order valence-corrected chi connectivity index (χ0v) is 10.8. The van der Waals surface area contributed by atoms with Gasteiger partial charge >= 0.3 is 0 Å². The predicted molar refractivity (Wildman–Crippen MR) is 73.1 cm³/mol. The van der Waals surface area contributed by atoms with Gasteiger partial charge in [-0.25, -0.2) is 0 Å². The van der Waals surface area contributed by atoms with E-state index in [0.717, 1.165) is 24.0 Å². The van der Waals surface area contributed by atoms with Crippen molar-refractivity contribution in [2.75, 3.05) is 6.54 Å². The van der Waals surface area contributed by atoms with Crippen LogP contribution in [0.4, 0.5) is 0 Å². The zero-order valence-electron chi connectivity index (χ0n) is 10.8. The average molecular weight is 255 g/mol. The fourth-order valence-electron chi connectivity index (χ4n) is 3.37. The number of carbonyl (C=O) groups excluding carboxylic acids is 2. The fourth-order valence-corrected chi connectivity index (χ4v) is 3.37. The summed E-state index contributed by atoms with van der Waals surface area (Å²) in [7, 11) is 0. The molecule has 1 aromatic carbocycles. The first kappa shape index (κ1) is 12.2. The molecule has 0 unspecified atom stereocenters. The second-order valence-electron chi connectivity index (χ2n) is 5.24. The van der Waals surface area contributed by atoms with Crippen molar-refractivity contribution in [3.05, 3.63) is 48.0 Å². The Hall–Kier alpha value is -1.90. The predicted octanol–water partition coefficient (Wildman–Crippen LogP) is 2.53. The van der Waals surface area contributed by atoms with Gasteiger partial charge in [-0.15, -0.1) is 6.58 Å². The monoisotopic (exact) mass is 255 g/mol. The first-order chi connectivity index (χ1) is 9.24. The number of nitrogens with zero attached hydrogens (tertiary/aromatic N) is 1. The maximum atomic E-state index is 12.5. The van der Waals surface area contributed by atoms with E-state index in [9.17, 15) is 9.59 Å². The molecule has 98 valence electrons. The summed E-state index contributed by atoms with van der Waals surface area (Å²) in [5.41, 5.74) is 1.80. The topological polar surface area (TPSA) is 37.4 Å². The van der Waals surface area contributed by atoms with Crippen LogP contribution in [-0.2, 0) is 4.79 Å². The van der Waals surface area contributed by atoms with Crippen molar-refractivity contribution in [3.8, 4) is 0 Å². The first-order valence-corrected chi connectivity index (χ1v) is 6.77. The standard InChI is InChI=1S/C16H17NO2/c1-2-10-17-15-12(8-5-9-14(15)18)11-6-3-4-7-13(11)16(17)19/h2-4,6-7,12,15H,1,5,8-10H2/t12-,15+/m0/s1. The molecule has 0 saturated heterocycles. The van der Waals surface area contributed by atoms with Crippen LogP contribution in [0.25, 0.3) is 0 Å². The van der Waals surface area contributed by atoms with Crippen molar-refractivity contribution < 1.29 is 9.59 Å². The van der Waals surface area contributed by atoms with Crippen molar-refractivity contribution in [2.24, 2.45) is 0 Å². The van der Waals surface area contributed by atoms with Crippen LogP contribution in [0.1, 0.15) is 41.1 Å². The van der Waals surface area contributed by atoms with Gasteiger partial charge in [0.15, 0.2) is 5.78 Å². The van der Waals surface area contributed by atoms with E-state index in [4.69, 9.17) is 0 Å². The molecule has 19 heavy (non-hydrogen) atoms. The van der Waals surface area contributed by atoms with E-state index in [1.807, 2.05) is 24.3 Å². The van der Waals surface area contributed by atoms with Crippen LogP contribution < -0.4 is 0 Å². The quantitative estimate of drug-likeness (QED) is 0.761. The molecule has 0 radical (unpaired) electrons. The third-order valence-electron chi connectivity index (χ3n) is 4.16. The molecule has 2 atom stereocenters. The summed E-state index contributed by atoms with van der Waals surface area (Å²) in [6, 6.07) is 7.41. The normalized spacial score (nSPS) is 25.8. The largest absolute Gasteiger partial charge is 0.324 e. The van der Waals surface area contributed by atoms with Gasteiger partial charge in [0, 0.05) is 24.4 Å². The van der Waals surface area contributed by atoms with Gasteiger partial charge in [0.2, 0.25) is 0 Å². The highest BCUT2D eigenvalue weighted by Crippen LogP contribution is 2.40. The third kappa shape index (κ3) is 1.81. The molecule has 0 bridgehead atoms. The zero-order chi connectivity index (χ0) is 13.4. The van der Waals surface area contributed by atoms with Gasteiger partial charge in [-0.3, -0.25) is 9.59 Å². The minimum atomic E-state index is -0.283. The lowest BCUT2D eigenvalue weighted by Gasteiger charge is -2.43. The molecule has 1 aromatic rings. The van der Waals surface area contributed by atoms with Gasteiger partial charge in [-0.1, -0.05) is 24.3 Å². The van der Waals surface area contributed by atoms with Crippen molar-refractivity contribution in [1.82, 2.24) is 4.90 Å². The third-order valence-corrected chi connectivity index (χ3v) is 4.16. The minimum Gasteiger partial charge on any atom is -0.324 e. The van der Waals surface area contributed by atoms with E-state index in [-0.39, 0.29) is 23.7 Å². The molecule has 1 aliphatic carbocycles. The van der Waals surface area contributed by atoms with Gasteiger partial charge in [0.1, 0.15) is 0 Å². The smallest absolute Gasteiger partial charge is 0.255 e. The Kier molecular flexibility index (Phi) is 2.97.